The topological polar surface area (TPSA) is 137 Å². The van der Waals surface area contributed by atoms with Gasteiger partial charge in [0.25, 0.3) is 0 Å². The Kier molecular flexibility index (Phi) is 41.3. The van der Waals surface area contributed by atoms with Crippen molar-refractivity contribution in [1.29, 1.82) is 0 Å². The lowest BCUT2D eigenvalue weighted by molar-refractivity contribution is -0.162. The van der Waals surface area contributed by atoms with Crippen LogP contribution in [0.1, 0.15) is 202 Å². The molecule has 18 heteroatoms. The van der Waals surface area contributed by atoms with E-state index in [-0.39, 0.29) is 103 Å². The van der Waals surface area contributed by atoms with Gasteiger partial charge >= 0.3 is 5.97 Å². The summed E-state index contributed by atoms with van der Waals surface area (Å²) in [4.78, 5) is 12.8. The minimum atomic E-state index is -2.19. The van der Waals surface area contributed by atoms with E-state index in [1.54, 1.807) is 33.1 Å². The Morgan fingerprint density at radius 3 is 1.80 bits per heavy atom. The molecule has 1 aromatic rings. The number of allylic oxidation sites excluding steroid dienone is 1. The van der Waals surface area contributed by atoms with Gasteiger partial charge in [0.05, 0.1) is 87.6 Å². The highest BCUT2D eigenvalue weighted by molar-refractivity contribution is 7.98. The van der Waals surface area contributed by atoms with Gasteiger partial charge in [-0.1, -0.05) is 135 Å². The minimum absolute atomic E-state index is 0.00609. The Morgan fingerprint density at radius 2 is 1.28 bits per heavy atom. The van der Waals surface area contributed by atoms with Crippen molar-refractivity contribution in [2.75, 3.05) is 61.1 Å². The van der Waals surface area contributed by atoms with Crippen molar-refractivity contribution in [2.45, 2.75) is 312 Å². The molecule has 94 heavy (non-hydrogen) atoms. The Balaban J connectivity index is 2.44. The zero-order chi connectivity index (χ0) is 71.2. The molecule has 0 aromatic heterocycles. The molecular formula is C76H144O14SSi3. The largest absolute Gasteiger partial charge is 0.493 e. The molecule has 1 fully saturated rings. The van der Waals surface area contributed by atoms with E-state index in [4.69, 9.17) is 60.6 Å². The van der Waals surface area contributed by atoms with Gasteiger partial charge in [-0.15, -0.1) is 11.8 Å². The first-order valence-corrected chi connectivity index (χ1v) is 45.9. The first kappa shape index (κ1) is 88.5. The standard InChI is InChI=1S/C76H144O14SSi3/c1-29-93(30-2,31-3)88-67(61(14)73(90-94(32-4,33-5)34-6)57(10)41-44-65(59(12)71-58(11)49-70(82-25)87-71)85-52-83-51-62-42-45-68(80-23)69(50-62)81-24)37-35-36-63(78-21)48-54(7)38-39-55(8)64(79-22)43-40-56(9)72(89-92(27,28)76(18,19)20)60(13)66(86-53-91-26)46-47-84-74(77)75(15,16)17/h35-36,39,42,45,50,54,56-61,63-67,70-73H,29-34,37-38,40-41,43-44,46-49,51-53H2,1-28H3/b36-35+,55-39+/t54-,56-,57+,58-,59+,60-,61-,63+,64+,65-,66-,67+,70?,71-,72-,73+/m1/s1. The number of carbonyl (C=O) groups excluding carboxylic acids is 1. The van der Waals surface area contributed by atoms with Crippen molar-refractivity contribution in [2.24, 2.45) is 46.8 Å². The van der Waals surface area contributed by atoms with Crippen molar-refractivity contribution < 1.29 is 65.4 Å². The zero-order valence-electron chi connectivity index (χ0n) is 65.3. The number of thioether (sulfide) groups is 1. The summed E-state index contributed by atoms with van der Waals surface area (Å²) >= 11 is 1.67. The lowest BCUT2D eigenvalue weighted by Gasteiger charge is -2.44. The molecule has 14 nitrogen and oxygen atoms in total. The van der Waals surface area contributed by atoms with Gasteiger partial charge in [-0.25, -0.2) is 0 Å². The van der Waals surface area contributed by atoms with Crippen LogP contribution in [0, 0.1) is 46.8 Å². The van der Waals surface area contributed by atoms with E-state index in [1.807, 2.05) is 53.2 Å². The van der Waals surface area contributed by atoms with E-state index < -0.39 is 30.4 Å². The first-order valence-electron chi connectivity index (χ1n) is 36.5. The molecule has 550 valence electrons. The third kappa shape index (κ3) is 28.4. The van der Waals surface area contributed by atoms with Crippen molar-refractivity contribution in [1.82, 2.24) is 0 Å². The molecule has 1 unspecified atom stereocenters. The van der Waals surface area contributed by atoms with Crippen LogP contribution in [0.5, 0.6) is 11.5 Å². The molecule has 0 N–H and O–H groups in total. The van der Waals surface area contributed by atoms with Crippen molar-refractivity contribution >= 4 is 42.7 Å². The van der Waals surface area contributed by atoms with Crippen LogP contribution >= 0.6 is 11.8 Å². The van der Waals surface area contributed by atoms with Crippen molar-refractivity contribution in [3.05, 3.63) is 47.6 Å². The van der Waals surface area contributed by atoms with Crippen LogP contribution in [0.15, 0.2) is 42.0 Å². The summed E-state index contributed by atoms with van der Waals surface area (Å²) < 4.78 is 84.2. The molecule has 1 aliphatic heterocycles. The zero-order valence-corrected chi connectivity index (χ0v) is 69.1. The summed E-state index contributed by atoms with van der Waals surface area (Å²) in [6.45, 7) is 50.8. The Morgan fingerprint density at radius 1 is 0.702 bits per heavy atom. The fourth-order valence-electron chi connectivity index (χ4n) is 13.4. The predicted octanol–water partition coefficient (Wildman–Crippen LogP) is 19.9. The van der Waals surface area contributed by atoms with Gasteiger partial charge in [0, 0.05) is 51.9 Å². The summed E-state index contributed by atoms with van der Waals surface area (Å²) in [5.74, 6) is 3.18. The molecule has 0 aliphatic carbocycles. The summed E-state index contributed by atoms with van der Waals surface area (Å²) in [6.07, 6.45) is 16.1. The smallest absolute Gasteiger partial charge is 0.311 e. The van der Waals surface area contributed by atoms with Crippen LogP contribution in [-0.4, -0.2) is 147 Å². The van der Waals surface area contributed by atoms with Gasteiger partial charge < -0.3 is 60.6 Å². The van der Waals surface area contributed by atoms with Crippen LogP contribution in [0.4, 0.5) is 0 Å². The van der Waals surface area contributed by atoms with Gasteiger partial charge in [0.1, 0.15) is 6.79 Å². The average Bonchev–Trinajstić information content (AvgIpc) is 0.906. The maximum absolute atomic E-state index is 12.8. The van der Waals surface area contributed by atoms with Crippen molar-refractivity contribution in [3.8, 4) is 11.5 Å². The van der Waals surface area contributed by atoms with Crippen molar-refractivity contribution in [3.63, 3.8) is 0 Å². The molecule has 0 radical (unpaired) electrons. The number of rotatable bonds is 50. The number of hydrogen-bond acceptors (Lipinski definition) is 15. The van der Waals surface area contributed by atoms with Crippen LogP contribution in [0.2, 0.25) is 54.4 Å². The van der Waals surface area contributed by atoms with Gasteiger partial charge in [-0.2, -0.15) is 0 Å². The number of benzene rings is 1. The lowest BCUT2D eigenvalue weighted by Crippen LogP contribution is -2.50. The van der Waals surface area contributed by atoms with Crippen LogP contribution in [0.25, 0.3) is 0 Å². The maximum atomic E-state index is 12.8. The van der Waals surface area contributed by atoms with Crippen LogP contribution < -0.4 is 9.47 Å². The molecule has 2 rings (SSSR count). The molecule has 1 aliphatic rings. The number of ether oxygens (including phenoxy) is 10. The molecule has 16 atom stereocenters. The second kappa shape index (κ2) is 43.9. The molecular weight excluding hydrogens is 1250 g/mol. The maximum Gasteiger partial charge on any atom is 0.311 e. The highest BCUT2D eigenvalue weighted by Crippen LogP contribution is 2.43. The van der Waals surface area contributed by atoms with Crippen LogP contribution in [0.3, 0.4) is 0 Å². The highest BCUT2D eigenvalue weighted by atomic mass is 32.2. The monoisotopic (exact) mass is 1400 g/mol. The average molecular weight is 1400 g/mol. The van der Waals surface area contributed by atoms with E-state index in [0.717, 1.165) is 93.2 Å². The molecule has 1 saturated heterocycles. The minimum Gasteiger partial charge on any atom is -0.493 e. The SMILES string of the molecule is CC[Si](CC)(CC)O[C@H]([C@H](C)[C@H](C/C=C/[C@@H](C[C@H](C)C/C=C(\C)[C@H](CC[C@@H](C)[C@@H](O[Si](C)(C)C(C)(C)C)[C@H](C)[C@@H](CCOC(=O)C(C)(C)C)OCSC)OC)OC)O[Si](CC)(CC)CC)[C@@H](C)CC[C@@H](OCOCc1ccc(OC)c(OC)c1)[C@H](C)[C@@H]1OC(OC)C[C@H]1C. The van der Waals surface area contributed by atoms with Gasteiger partial charge in [0.2, 0.25) is 0 Å². The normalized spacial score (nSPS) is 20.6. The first-order chi connectivity index (χ1) is 44.2. The van der Waals surface area contributed by atoms with Gasteiger partial charge in [-0.05, 0) is 180 Å². The van der Waals surface area contributed by atoms with Crippen LogP contribution in [-0.2, 0) is 62.6 Å². The predicted molar refractivity (Wildman–Crippen MR) is 400 cm³/mol. The Hall–Kier alpha value is -1.63. The fourth-order valence-corrected chi connectivity index (χ4v) is 21.2. The second-order valence-electron chi connectivity index (χ2n) is 30.6. The Labute approximate surface area is 584 Å². The number of hydrogen-bond donors (Lipinski definition) is 0. The molecule has 0 spiro atoms. The summed E-state index contributed by atoms with van der Waals surface area (Å²) in [5.41, 5.74) is 1.68. The van der Waals surface area contributed by atoms with Gasteiger partial charge in [-0.3, -0.25) is 4.79 Å². The molecule has 0 saturated carbocycles. The van der Waals surface area contributed by atoms with E-state index in [9.17, 15) is 4.79 Å². The third-order valence-electron chi connectivity index (χ3n) is 21.8. The van der Waals surface area contributed by atoms with E-state index in [1.165, 1.54) is 5.57 Å². The number of carbonyl (C=O) groups is 1. The summed E-state index contributed by atoms with van der Waals surface area (Å²) in [6, 6.07) is 12.3. The molecule has 1 heterocycles. The van der Waals surface area contributed by atoms with E-state index >= 15 is 0 Å². The second-order valence-corrected chi connectivity index (χ2v) is 45.6. The molecule has 0 bridgehead atoms. The quantitative estimate of drug-likeness (QED) is 0.0201. The number of methoxy groups -OCH3 is 5. The van der Waals surface area contributed by atoms with E-state index in [0.29, 0.717) is 48.9 Å². The molecule has 0 amide bonds. The fraction of sp³-hybridized carbons (Fsp3) is 0.855. The summed E-state index contributed by atoms with van der Waals surface area (Å²) in [7, 11) is 2.37. The Bertz CT molecular complexity index is 2250. The summed E-state index contributed by atoms with van der Waals surface area (Å²) in [5, 5.41) is 0.0353. The molecule has 1 aromatic carbocycles. The highest BCUT2D eigenvalue weighted by Gasteiger charge is 2.45. The van der Waals surface area contributed by atoms with E-state index in [2.05, 4.69) is 155 Å². The number of esters is 1. The lowest BCUT2D eigenvalue weighted by atomic mass is 9.82. The van der Waals surface area contributed by atoms with Gasteiger partial charge in [0.15, 0.2) is 42.7 Å². The third-order valence-corrected chi connectivity index (χ3v) is 36.0.